The molecule has 1 saturated carbocycles. The highest BCUT2D eigenvalue weighted by molar-refractivity contribution is 5.82. The van der Waals surface area contributed by atoms with Crippen molar-refractivity contribution >= 4 is 11.8 Å². The van der Waals surface area contributed by atoms with E-state index in [0.29, 0.717) is 32.8 Å². The Morgan fingerprint density at radius 1 is 1.25 bits per heavy atom. The van der Waals surface area contributed by atoms with Gasteiger partial charge in [-0.15, -0.1) is 0 Å². The molecule has 0 atom stereocenters. The van der Waals surface area contributed by atoms with Crippen LogP contribution in [0.2, 0.25) is 0 Å². The lowest BCUT2D eigenvalue weighted by Crippen LogP contribution is -2.45. The first-order valence-electron chi connectivity index (χ1n) is 8.78. The smallest absolute Gasteiger partial charge is 0.226 e. The van der Waals surface area contributed by atoms with Gasteiger partial charge in [0.25, 0.3) is 0 Å². The van der Waals surface area contributed by atoms with E-state index in [1.54, 1.807) is 13.4 Å². The summed E-state index contributed by atoms with van der Waals surface area (Å²) in [6, 6.07) is 3.71. The SMILES string of the molecule is COCCN(Cc1ccco1)C(=O)C1CCN(C(=O)C2CC2)CC1. The number of piperidine rings is 1. The molecule has 3 rings (SSSR count). The van der Waals surface area contributed by atoms with Gasteiger partial charge in [-0.1, -0.05) is 0 Å². The largest absolute Gasteiger partial charge is 0.467 e. The molecule has 1 aromatic heterocycles. The molecular weight excluding hydrogens is 308 g/mol. The minimum absolute atomic E-state index is 0.0138. The molecule has 1 aliphatic heterocycles. The van der Waals surface area contributed by atoms with E-state index >= 15 is 0 Å². The third-order valence-electron chi connectivity index (χ3n) is 4.89. The number of hydrogen-bond acceptors (Lipinski definition) is 4. The maximum Gasteiger partial charge on any atom is 0.226 e. The van der Waals surface area contributed by atoms with Gasteiger partial charge in [-0.3, -0.25) is 9.59 Å². The van der Waals surface area contributed by atoms with Crippen LogP contribution in [0, 0.1) is 11.8 Å². The van der Waals surface area contributed by atoms with Gasteiger partial charge < -0.3 is 19.0 Å². The zero-order valence-corrected chi connectivity index (χ0v) is 14.3. The van der Waals surface area contributed by atoms with Crippen LogP contribution in [-0.4, -0.2) is 55.0 Å². The van der Waals surface area contributed by atoms with Crippen LogP contribution in [0.5, 0.6) is 0 Å². The van der Waals surface area contributed by atoms with Crippen molar-refractivity contribution in [1.82, 2.24) is 9.80 Å². The fourth-order valence-electron chi connectivity index (χ4n) is 3.25. The van der Waals surface area contributed by atoms with Gasteiger partial charge in [0.15, 0.2) is 0 Å². The van der Waals surface area contributed by atoms with E-state index in [0.717, 1.165) is 31.4 Å². The second-order valence-electron chi connectivity index (χ2n) is 6.71. The van der Waals surface area contributed by atoms with Crippen LogP contribution < -0.4 is 0 Å². The molecule has 1 aliphatic carbocycles. The summed E-state index contributed by atoms with van der Waals surface area (Å²) in [5.41, 5.74) is 0. The van der Waals surface area contributed by atoms with Crippen molar-refractivity contribution < 1.29 is 18.7 Å². The van der Waals surface area contributed by atoms with Crippen molar-refractivity contribution in [3.8, 4) is 0 Å². The Morgan fingerprint density at radius 3 is 2.58 bits per heavy atom. The molecule has 1 saturated heterocycles. The highest BCUT2D eigenvalue weighted by Gasteiger charge is 2.36. The summed E-state index contributed by atoms with van der Waals surface area (Å²) in [6.45, 7) is 2.92. The molecule has 6 nitrogen and oxygen atoms in total. The fraction of sp³-hybridized carbons (Fsp3) is 0.667. The van der Waals surface area contributed by atoms with E-state index in [4.69, 9.17) is 9.15 Å². The molecule has 1 aromatic rings. The van der Waals surface area contributed by atoms with Crippen molar-refractivity contribution in [2.24, 2.45) is 11.8 Å². The first-order valence-corrected chi connectivity index (χ1v) is 8.78. The van der Waals surface area contributed by atoms with Gasteiger partial charge in [0.1, 0.15) is 5.76 Å². The van der Waals surface area contributed by atoms with Crippen molar-refractivity contribution in [3.63, 3.8) is 0 Å². The second-order valence-corrected chi connectivity index (χ2v) is 6.71. The number of ether oxygens (including phenoxy) is 1. The van der Waals surface area contributed by atoms with Gasteiger partial charge >= 0.3 is 0 Å². The normalized spacial score (nSPS) is 18.6. The lowest BCUT2D eigenvalue weighted by atomic mass is 9.95. The van der Waals surface area contributed by atoms with E-state index in [1.165, 1.54) is 0 Å². The van der Waals surface area contributed by atoms with Crippen LogP contribution in [0.15, 0.2) is 22.8 Å². The average molecular weight is 334 g/mol. The number of hydrogen-bond donors (Lipinski definition) is 0. The molecule has 2 heterocycles. The molecule has 132 valence electrons. The van der Waals surface area contributed by atoms with Gasteiger partial charge in [0.2, 0.25) is 11.8 Å². The number of methoxy groups -OCH3 is 1. The second kappa shape index (κ2) is 7.83. The maximum absolute atomic E-state index is 12.9. The molecule has 2 aliphatic rings. The van der Waals surface area contributed by atoms with Crippen LogP contribution in [-0.2, 0) is 20.9 Å². The molecule has 24 heavy (non-hydrogen) atoms. The van der Waals surface area contributed by atoms with Crippen LogP contribution in [0.25, 0.3) is 0 Å². The molecule has 0 N–H and O–H groups in total. The van der Waals surface area contributed by atoms with Gasteiger partial charge in [-0.05, 0) is 37.8 Å². The predicted octanol–water partition coefficient (Wildman–Crippen LogP) is 1.90. The maximum atomic E-state index is 12.9. The summed E-state index contributed by atoms with van der Waals surface area (Å²) in [4.78, 5) is 28.8. The summed E-state index contributed by atoms with van der Waals surface area (Å²) in [5, 5.41) is 0. The zero-order chi connectivity index (χ0) is 16.9. The highest BCUT2D eigenvalue weighted by Crippen LogP contribution is 2.32. The first kappa shape index (κ1) is 17.0. The number of rotatable bonds is 7. The Balaban J connectivity index is 1.55. The first-order chi connectivity index (χ1) is 11.7. The fourth-order valence-corrected chi connectivity index (χ4v) is 3.25. The number of likely N-dealkylation sites (tertiary alicyclic amines) is 1. The molecule has 0 spiro atoms. The molecular formula is C18H26N2O4. The summed E-state index contributed by atoms with van der Waals surface area (Å²) < 4.78 is 10.5. The lowest BCUT2D eigenvalue weighted by Gasteiger charge is -2.34. The van der Waals surface area contributed by atoms with Crippen molar-refractivity contribution in [2.45, 2.75) is 32.2 Å². The number of carbonyl (C=O) groups excluding carboxylic acids is 2. The van der Waals surface area contributed by atoms with Crippen LogP contribution in [0.4, 0.5) is 0 Å². The van der Waals surface area contributed by atoms with Crippen molar-refractivity contribution in [2.75, 3.05) is 33.4 Å². The summed E-state index contributed by atoms with van der Waals surface area (Å²) in [6.07, 6.45) is 5.19. The van der Waals surface area contributed by atoms with Gasteiger partial charge in [0.05, 0.1) is 19.4 Å². The summed E-state index contributed by atoms with van der Waals surface area (Å²) in [7, 11) is 1.64. The Bertz CT molecular complexity index is 545. The third kappa shape index (κ3) is 4.17. The molecule has 2 fully saturated rings. The van der Waals surface area contributed by atoms with Gasteiger partial charge in [-0.2, -0.15) is 0 Å². The Kier molecular flexibility index (Phi) is 5.56. The van der Waals surface area contributed by atoms with E-state index in [-0.39, 0.29) is 23.7 Å². The van der Waals surface area contributed by atoms with Crippen LogP contribution >= 0.6 is 0 Å². The predicted molar refractivity (Wildman–Crippen MR) is 88.0 cm³/mol. The minimum Gasteiger partial charge on any atom is -0.467 e. The highest BCUT2D eigenvalue weighted by atomic mass is 16.5. The van der Waals surface area contributed by atoms with E-state index in [9.17, 15) is 9.59 Å². The van der Waals surface area contributed by atoms with Crippen LogP contribution in [0.3, 0.4) is 0 Å². The Labute approximate surface area is 142 Å². The van der Waals surface area contributed by atoms with E-state index < -0.39 is 0 Å². The number of nitrogens with zero attached hydrogens (tertiary/aromatic N) is 2. The molecule has 0 aromatic carbocycles. The standard InChI is InChI=1S/C18H26N2O4/c1-23-12-10-20(13-16-3-2-11-24-16)18(22)15-6-8-19(9-7-15)17(21)14-4-5-14/h2-3,11,14-15H,4-10,12-13H2,1H3. The average Bonchev–Trinajstić information content (AvgIpc) is 3.34. The number of furan rings is 1. The van der Waals surface area contributed by atoms with Crippen molar-refractivity contribution in [3.05, 3.63) is 24.2 Å². The lowest BCUT2D eigenvalue weighted by molar-refractivity contribution is -0.142. The third-order valence-corrected chi connectivity index (χ3v) is 4.89. The van der Waals surface area contributed by atoms with Crippen molar-refractivity contribution in [1.29, 1.82) is 0 Å². The van der Waals surface area contributed by atoms with Gasteiger partial charge in [-0.25, -0.2) is 0 Å². The zero-order valence-electron chi connectivity index (χ0n) is 14.3. The molecule has 2 amide bonds. The van der Waals surface area contributed by atoms with E-state index in [2.05, 4.69) is 0 Å². The Morgan fingerprint density at radius 2 is 2.00 bits per heavy atom. The molecule has 0 unspecified atom stereocenters. The number of amides is 2. The number of carbonyl (C=O) groups is 2. The van der Waals surface area contributed by atoms with E-state index in [1.807, 2.05) is 21.9 Å². The minimum atomic E-state index is -0.0138. The molecule has 0 bridgehead atoms. The summed E-state index contributed by atoms with van der Waals surface area (Å²) >= 11 is 0. The molecule has 6 heteroatoms. The molecule has 0 radical (unpaired) electrons. The van der Waals surface area contributed by atoms with Gasteiger partial charge in [0, 0.05) is 38.6 Å². The monoisotopic (exact) mass is 334 g/mol. The topological polar surface area (TPSA) is 63.0 Å². The quantitative estimate of drug-likeness (QED) is 0.764. The Hall–Kier alpha value is -1.82. The summed E-state index contributed by atoms with van der Waals surface area (Å²) in [5.74, 6) is 1.45. The van der Waals surface area contributed by atoms with Crippen LogP contribution in [0.1, 0.15) is 31.4 Å².